The number of amides is 1. The number of methoxy groups -OCH3 is 1. The number of nitrogens with zero attached hydrogens (tertiary/aromatic N) is 2. The molecule has 1 aliphatic rings. The summed E-state index contributed by atoms with van der Waals surface area (Å²) < 4.78 is 36.1. The van der Waals surface area contributed by atoms with Gasteiger partial charge in [0.05, 0.1) is 23.6 Å². The number of likely N-dealkylation sites (tertiary alicyclic amines) is 1. The van der Waals surface area contributed by atoms with Crippen molar-refractivity contribution in [3.63, 3.8) is 0 Å². The van der Waals surface area contributed by atoms with E-state index in [1.54, 1.807) is 48.4 Å². The van der Waals surface area contributed by atoms with Crippen LogP contribution in [0.4, 0.5) is 0 Å². The average Bonchev–Trinajstić information content (AvgIpc) is 3.11. The van der Waals surface area contributed by atoms with Crippen LogP contribution in [0.5, 0.6) is 5.75 Å². The molecule has 0 N–H and O–H groups in total. The molecule has 158 valence electrons. The number of hydrogen-bond acceptors (Lipinski definition) is 6. The van der Waals surface area contributed by atoms with Gasteiger partial charge in [-0.15, -0.1) is 0 Å². The van der Waals surface area contributed by atoms with E-state index in [1.165, 1.54) is 12.1 Å². The van der Waals surface area contributed by atoms with E-state index < -0.39 is 16.2 Å². The summed E-state index contributed by atoms with van der Waals surface area (Å²) in [6, 6.07) is 19.1. The SMILES string of the molecule is COc1ccc2ccc(S(=O)(=O)O[C@H]3CCN(Cc4cccc(C#N)c4)C3=O)cc2c1. The van der Waals surface area contributed by atoms with Crippen LogP contribution in [0, 0.1) is 11.3 Å². The Labute approximate surface area is 180 Å². The molecule has 1 heterocycles. The van der Waals surface area contributed by atoms with Crippen LogP contribution < -0.4 is 4.74 Å². The molecule has 0 radical (unpaired) electrons. The second kappa shape index (κ2) is 8.38. The largest absolute Gasteiger partial charge is 0.497 e. The molecule has 1 saturated heterocycles. The van der Waals surface area contributed by atoms with E-state index in [1.807, 2.05) is 12.1 Å². The third-order valence-corrected chi connectivity index (χ3v) is 6.55. The molecule has 3 aromatic carbocycles. The second-order valence-corrected chi connectivity index (χ2v) is 8.85. The van der Waals surface area contributed by atoms with Crippen molar-refractivity contribution in [3.8, 4) is 11.8 Å². The van der Waals surface area contributed by atoms with Crippen molar-refractivity contribution in [2.45, 2.75) is 24.0 Å². The molecule has 0 aliphatic carbocycles. The summed E-state index contributed by atoms with van der Waals surface area (Å²) in [6.07, 6.45) is -0.789. The molecule has 0 bridgehead atoms. The maximum atomic E-state index is 12.8. The Hall–Kier alpha value is -3.41. The molecule has 31 heavy (non-hydrogen) atoms. The van der Waals surface area contributed by atoms with Gasteiger partial charge in [-0.2, -0.15) is 13.7 Å². The molecule has 4 rings (SSSR count). The van der Waals surface area contributed by atoms with Crippen molar-refractivity contribution in [3.05, 3.63) is 71.8 Å². The van der Waals surface area contributed by atoms with Gasteiger partial charge in [-0.25, -0.2) is 0 Å². The lowest BCUT2D eigenvalue weighted by atomic mass is 10.1. The van der Waals surface area contributed by atoms with Crippen molar-refractivity contribution in [2.24, 2.45) is 0 Å². The van der Waals surface area contributed by atoms with Gasteiger partial charge < -0.3 is 9.64 Å². The highest BCUT2D eigenvalue weighted by Crippen LogP contribution is 2.27. The summed E-state index contributed by atoms with van der Waals surface area (Å²) >= 11 is 0. The number of benzene rings is 3. The Morgan fingerprint density at radius 1 is 1.10 bits per heavy atom. The maximum Gasteiger partial charge on any atom is 0.297 e. The van der Waals surface area contributed by atoms with Gasteiger partial charge in [0.15, 0.2) is 6.10 Å². The zero-order chi connectivity index (χ0) is 22.0. The third-order valence-electron chi connectivity index (χ3n) is 5.23. The van der Waals surface area contributed by atoms with Gasteiger partial charge in [-0.1, -0.05) is 24.3 Å². The first-order chi connectivity index (χ1) is 14.9. The predicted octanol–water partition coefficient (Wildman–Crippen LogP) is 3.23. The van der Waals surface area contributed by atoms with E-state index in [0.29, 0.717) is 29.8 Å². The topological polar surface area (TPSA) is 96.7 Å². The monoisotopic (exact) mass is 436 g/mol. The maximum absolute atomic E-state index is 12.8. The molecule has 3 aromatic rings. The van der Waals surface area contributed by atoms with Crippen molar-refractivity contribution in [1.82, 2.24) is 4.90 Å². The predicted molar refractivity (Wildman–Crippen MR) is 114 cm³/mol. The summed E-state index contributed by atoms with van der Waals surface area (Å²) in [6.45, 7) is 0.675. The van der Waals surface area contributed by atoms with Crippen LogP contribution in [0.3, 0.4) is 0 Å². The molecule has 0 unspecified atom stereocenters. The molecule has 0 saturated carbocycles. The lowest BCUT2D eigenvalue weighted by Crippen LogP contribution is -2.31. The Morgan fingerprint density at radius 2 is 1.90 bits per heavy atom. The van der Waals surface area contributed by atoms with Crippen LogP contribution in [-0.2, 0) is 25.6 Å². The van der Waals surface area contributed by atoms with Crippen LogP contribution in [0.1, 0.15) is 17.5 Å². The molecule has 1 aliphatic heterocycles. The minimum absolute atomic E-state index is 0.0128. The zero-order valence-corrected chi connectivity index (χ0v) is 17.6. The van der Waals surface area contributed by atoms with Crippen molar-refractivity contribution in [1.29, 1.82) is 5.26 Å². The van der Waals surface area contributed by atoms with Crippen molar-refractivity contribution in [2.75, 3.05) is 13.7 Å². The summed E-state index contributed by atoms with van der Waals surface area (Å²) in [5, 5.41) is 10.6. The van der Waals surface area contributed by atoms with Crippen LogP contribution in [-0.4, -0.2) is 39.0 Å². The summed E-state index contributed by atoms with van der Waals surface area (Å²) in [7, 11) is -2.59. The van der Waals surface area contributed by atoms with Gasteiger partial charge >= 0.3 is 0 Å². The lowest BCUT2D eigenvalue weighted by Gasteiger charge is -2.17. The van der Waals surface area contributed by atoms with E-state index in [4.69, 9.17) is 14.2 Å². The zero-order valence-electron chi connectivity index (χ0n) is 16.8. The van der Waals surface area contributed by atoms with E-state index in [-0.39, 0.29) is 17.2 Å². The highest BCUT2D eigenvalue weighted by Gasteiger charge is 2.36. The molecule has 8 heteroatoms. The van der Waals surface area contributed by atoms with Gasteiger partial charge in [-0.3, -0.25) is 8.98 Å². The molecule has 1 amide bonds. The Kier molecular flexibility index (Phi) is 5.63. The number of fused-ring (bicyclic) bond motifs is 1. The fourth-order valence-corrected chi connectivity index (χ4v) is 4.71. The minimum atomic E-state index is -4.13. The third kappa shape index (κ3) is 4.38. The van der Waals surface area contributed by atoms with Crippen molar-refractivity contribution < 1.29 is 22.1 Å². The van der Waals surface area contributed by atoms with Gasteiger partial charge in [-0.05, 0) is 52.7 Å². The standard InChI is InChI=1S/C23H20N2O5S/c1-29-20-7-5-18-6-8-21(13-19(18)12-20)31(27,28)30-22-9-10-25(23(22)26)15-17-4-2-3-16(11-17)14-24/h2-8,11-13,22H,9-10,15H2,1H3/t22-/m0/s1. The van der Waals surface area contributed by atoms with E-state index in [0.717, 1.165) is 10.9 Å². The smallest absolute Gasteiger partial charge is 0.297 e. The Balaban J connectivity index is 1.50. The van der Waals surface area contributed by atoms with Crippen LogP contribution >= 0.6 is 0 Å². The first kappa shape index (κ1) is 20.8. The molecule has 0 spiro atoms. The Bertz CT molecular complexity index is 1300. The fourth-order valence-electron chi connectivity index (χ4n) is 3.61. The highest BCUT2D eigenvalue weighted by molar-refractivity contribution is 7.86. The summed E-state index contributed by atoms with van der Waals surface area (Å²) in [5.41, 5.74) is 1.31. The molecule has 1 fully saturated rings. The molecular weight excluding hydrogens is 416 g/mol. The molecule has 1 atom stereocenters. The summed E-state index contributed by atoms with van der Waals surface area (Å²) in [4.78, 5) is 14.3. The van der Waals surface area contributed by atoms with Gasteiger partial charge in [0.25, 0.3) is 16.0 Å². The van der Waals surface area contributed by atoms with E-state index >= 15 is 0 Å². The first-order valence-electron chi connectivity index (χ1n) is 9.68. The van der Waals surface area contributed by atoms with Crippen molar-refractivity contribution >= 4 is 26.8 Å². The average molecular weight is 436 g/mol. The minimum Gasteiger partial charge on any atom is -0.497 e. The molecular formula is C23H20N2O5S. The van der Waals surface area contributed by atoms with Crippen LogP contribution in [0.2, 0.25) is 0 Å². The highest BCUT2D eigenvalue weighted by atomic mass is 32.2. The van der Waals surface area contributed by atoms with E-state index in [9.17, 15) is 13.2 Å². The van der Waals surface area contributed by atoms with Gasteiger partial charge in [0.2, 0.25) is 0 Å². The molecule has 0 aromatic heterocycles. The quantitative estimate of drug-likeness (QED) is 0.551. The first-order valence-corrected chi connectivity index (χ1v) is 11.1. The number of carbonyl (C=O) groups excluding carboxylic acids is 1. The Morgan fingerprint density at radius 3 is 2.68 bits per heavy atom. The number of ether oxygens (including phenoxy) is 1. The number of carbonyl (C=O) groups is 1. The normalized spacial score (nSPS) is 16.5. The van der Waals surface area contributed by atoms with E-state index in [2.05, 4.69) is 6.07 Å². The molecule has 7 nitrogen and oxygen atoms in total. The second-order valence-electron chi connectivity index (χ2n) is 7.27. The number of nitriles is 1. The fraction of sp³-hybridized carbons (Fsp3) is 0.217. The summed E-state index contributed by atoms with van der Waals surface area (Å²) in [5.74, 6) is 0.235. The van der Waals surface area contributed by atoms with Gasteiger partial charge in [0, 0.05) is 19.5 Å². The van der Waals surface area contributed by atoms with Crippen LogP contribution in [0.15, 0.2) is 65.6 Å². The van der Waals surface area contributed by atoms with Gasteiger partial charge in [0.1, 0.15) is 5.75 Å². The lowest BCUT2D eigenvalue weighted by molar-refractivity contribution is -0.133. The number of hydrogen-bond donors (Lipinski definition) is 0. The number of rotatable bonds is 6. The van der Waals surface area contributed by atoms with Crippen LogP contribution in [0.25, 0.3) is 10.8 Å².